The maximum absolute atomic E-state index is 12.1. The second kappa shape index (κ2) is 43.9. The van der Waals surface area contributed by atoms with E-state index in [-0.39, 0.29) is 56.8 Å². The number of rotatable bonds is 30. The molecule has 0 aromatic heterocycles. The lowest BCUT2D eigenvalue weighted by Gasteiger charge is -2.16. The van der Waals surface area contributed by atoms with Crippen LogP contribution in [0.4, 0.5) is 0 Å². The summed E-state index contributed by atoms with van der Waals surface area (Å²) in [7, 11) is -9.14. The SMILES string of the molecule is CCCC(=O)N[C@H](CC(N)=O)B(O)O.NC(=O)C[C@@H](NC(=O)CCCc1ccccc1)B(O)O.NC(=O)C[C@@H](NC(=O)c1ccc(-c2ccccc2)cc1)B(O)O.NC(=O)C[C@@H](NC(=O)c1ccc2ccccc2c1)B(O)O.NC(=O)C[C@@H](NC(=O)c1ccccc1)B(O)O. The third kappa shape index (κ3) is 34.1. The number of carbonyl (C=O) groups is 10. The van der Waals surface area contributed by atoms with Crippen LogP contribution in [0.5, 0.6) is 0 Å². The summed E-state index contributed by atoms with van der Waals surface area (Å²) in [6.07, 6.45) is 0.945. The van der Waals surface area contributed by atoms with Crippen molar-refractivity contribution in [3.63, 3.8) is 0 Å². The van der Waals surface area contributed by atoms with Crippen molar-refractivity contribution in [1.29, 1.82) is 0 Å². The van der Waals surface area contributed by atoms with Gasteiger partial charge in [0.2, 0.25) is 41.4 Å². The summed E-state index contributed by atoms with van der Waals surface area (Å²) < 4.78 is 0. The molecule has 0 radical (unpaired) electrons. The van der Waals surface area contributed by atoms with Crippen molar-refractivity contribution in [2.24, 2.45) is 28.7 Å². The number of hydrogen-bond acceptors (Lipinski definition) is 20. The standard InChI is InChI=1S/C16H17BN2O4.C14H15BN2O4.C13H19BN2O4.C10H13BN2O4.C7H15BN2O4/c18-15(20)10-14(17(22)23)19-16(21)13-8-6-12(7-9-13)11-4-2-1-3-5-11;16-13(18)8-12(15(20)21)17-14(19)11-6-5-9-3-1-2-4-10(9)7-11;15-12(17)9-11(14(19)20)16-13(18)8-4-7-10-5-2-1-3-6-10;12-9(14)6-8(11(16)17)13-10(15)7-4-2-1-3-5-7;1-2-3-7(12)10-5(8(13)14)4-6(9)11/h1-9,14,22-23H,10H2,(H2,18,20)(H,19,21);1-7,12,20-21H,8H2,(H2,16,18)(H,17,19);1-3,5-6,11,19-20H,4,7-9H2,(H2,15,17)(H,16,18);1-5,8,16-17H,6H2,(H2,12,14)(H,13,15);5,13-14H,2-4H2,1H3,(H2,9,11)(H,10,12)/t14-;12-;11-;8-;5-/m11111/s1. The molecule has 0 spiro atoms. The highest BCUT2D eigenvalue weighted by Crippen LogP contribution is 2.20. The molecular formula is C60H79B5N10O20. The van der Waals surface area contributed by atoms with Gasteiger partial charge in [-0.25, -0.2) is 0 Å². The van der Waals surface area contributed by atoms with Crippen molar-refractivity contribution in [2.75, 3.05) is 0 Å². The van der Waals surface area contributed by atoms with Gasteiger partial charge in [0, 0.05) is 61.6 Å². The minimum Gasteiger partial charge on any atom is -0.426 e. The maximum Gasteiger partial charge on any atom is 0.476 e. The van der Waals surface area contributed by atoms with Crippen LogP contribution in [0, 0.1) is 0 Å². The van der Waals surface area contributed by atoms with Crippen molar-refractivity contribution >= 4 is 105 Å². The fourth-order valence-electron chi connectivity index (χ4n) is 8.24. The van der Waals surface area contributed by atoms with Crippen molar-refractivity contribution in [1.82, 2.24) is 26.6 Å². The van der Waals surface area contributed by atoms with Gasteiger partial charge in [0.1, 0.15) is 0 Å². The Morgan fingerprint density at radius 2 is 0.653 bits per heavy atom. The smallest absolute Gasteiger partial charge is 0.426 e. The Kier molecular flexibility index (Phi) is 37.6. The van der Waals surface area contributed by atoms with Crippen LogP contribution >= 0.6 is 0 Å². The van der Waals surface area contributed by atoms with Gasteiger partial charge in [0.05, 0.1) is 29.7 Å². The molecule has 0 aliphatic carbocycles. The van der Waals surface area contributed by atoms with E-state index < -0.39 is 113 Å². The lowest BCUT2D eigenvalue weighted by atomic mass is 9.77. The molecule has 6 rings (SSSR count). The zero-order chi connectivity index (χ0) is 71.2. The highest BCUT2D eigenvalue weighted by atomic mass is 16.4. The van der Waals surface area contributed by atoms with Crippen LogP contribution in [0.3, 0.4) is 0 Å². The van der Waals surface area contributed by atoms with E-state index in [4.69, 9.17) is 68.9 Å². The summed E-state index contributed by atoms with van der Waals surface area (Å²) in [6, 6.07) is 47.2. The number of nitrogens with two attached hydrogens (primary N) is 5. The topological polar surface area (TPSA) is 563 Å². The average Bonchev–Trinajstić information content (AvgIpc) is 0.875. The van der Waals surface area contributed by atoms with Crippen LogP contribution in [0.25, 0.3) is 21.9 Å². The maximum atomic E-state index is 12.1. The first-order valence-corrected chi connectivity index (χ1v) is 29.4. The zero-order valence-corrected chi connectivity index (χ0v) is 51.8. The van der Waals surface area contributed by atoms with E-state index >= 15 is 0 Å². The van der Waals surface area contributed by atoms with Crippen LogP contribution in [0.2, 0.25) is 0 Å². The molecule has 95 heavy (non-hydrogen) atoms. The van der Waals surface area contributed by atoms with Crippen LogP contribution in [0.1, 0.15) is 101 Å². The van der Waals surface area contributed by atoms with E-state index in [1.54, 1.807) is 72.8 Å². The first kappa shape index (κ1) is 81.3. The van der Waals surface area contributed by atoms with Gasteiger partial charge in [-0.3, -0.25) is 47.9 Å². The highest BCUT2D eigenvalue weighted by molar-refractivity contribution is 6.46. The molecular weight excluding hydrogens is 1230 g/mol. The Hall–Kier alpha value is -9.80. The third-order valence-corrected chi connectivity index (χ3v) is 13.0. The summed E-state index contributed by atoms with van der Waals surface area (Å²) in [6.45, 7) is 1.82. The van der Waals surface area contributed by atoms with Crippen LogP contribution in [0.15, 0.2) is 158 Å². The molecule has 0 unspecified atom stereocenters. The van der Waals surface area contributed by atoms with Gasteiger partial charge in [-0.2, -0.15) is 0 Å². The molecule has 35 heteroatoms. The van der Waals surface area contributed by atoms with Crippen LogP contribution in [-0.2, 0) is 40.0 Å². The number of hydrogen-bond donors (Lipinski definition) is 20. The van der Waals surface area contributed by atoms with Crippen molar-refractivity contribution in [3.05, 3.63) is 180 Å². The monoisotopic (exact) mass is 1310 g/mol. The third-order valence-electron chi connectivity index (χ3n) is 13.0. The molecule has 6 aromatic rings. The predicted molar refractivity (Wildman–Crippen MR) is 354 cm³/mol. The van der Waals surface area contributed by atoms with Gasteiger partial charge < -0.3 is 105 Å². The Bertz CT molecular complexity index is 3390. The molecule has 504 valence electrons. The molecule has 30 nitrogen and oxygen atoms in total. The normalized spacial score (nSPS) is 11.7. The molecule has 0 saturated carbocycles. The number of carbonyl (C=O) groups excluding carboxylic acids is 10. The van der Waals surface area contributed by atoms with Gasteiger partial charge in [-0.05, 0) is 83.1 Å². The Labute approximate surface area is 548 Å². The summed E-state index contributed by atoms with van der Waals surface area (Å²) in [5, 5.41) is 104. The first-order chi connectivity index (χ1) is 44.9. The Morgan fingerprint density at radius 3 is 1.03 bits per heavy atom. The predicted octanol–water partition coefficient (Wildman–Crippen LogP) is -3.62. The van der Waals surface area contributed by atoms with E-state index in [1.807, 2.05) is 91.9 Å². The lowest BCUT2D eigenvalue weighted by molar-refractivity contribution is -0.123. The van der Waals surface area contributed by atoms with E-state index in [0.717, 1.165) is 33.9 Å². The van der Waals surface area contributed by atoms with Crippen molar-refractivity contribution in [2.45, 2.75) is 101 Å². The molecule has 25 N–H and O–H groups in total. The summed E-state index contributed by atoms with van der Waals surface area (Å²) >= 11 is 0. The molecule has 0 aliphatic heterocycles. The Balaban J connectivity index is 0.000000408. The molecule has 0 heterocycles. The van der Waals surface area contributed by atoms with Crippen LogP contribution < -0.4 is 55.3 Å². The van der Waals surface area contributed by atoms with E-state index in [2.05, 4.69) is 26.6 Å². The number of amides is 10. The zero-order valence-electron chi connectivity index (χ0n) is 51.8. The molecule has 0 aliphatic rings. The van der Waals surface area contributed by atoms with E-state index in [0.29, 0.717) is 29.5 Å². The number of aryl methyl sites for hydroxylation is 1. The molecule has 0 bridgehead atoms. The quantitative estimate of drug-likeness (QED) is 0.0194. The fourth-order valence-corrected chi connectivity index (χ4v) is 8.24. The van der Waals surface area contributed by atoms with Crippen LogP contribution in [-0.4, -0.2) is 175 Å². The second-order valence-corrected chi connectivity index (χ2v) is 21.0. The van der Waals surface area contributed by atoms with Crippen molar-refractivity contribution < 1.29 is 98.2 Å². The minimum atomic E-state index is -1.87. The molecule has 6 aromatic carbocycles. The summed E-state index contributed by atoms with van der Waals surface area (Å²) in [5.74, 6) is -11.2. The van der Waals surface area contributed by atoms with Gasteiger partial charge in [0.15, 0.2) is 0 Å². The highest BCUT2D eigenvalue weighted by Gasteiger charge is 2.31. The number of fused-ring (bicyclic) bond motifs is 1. The van der Waals surface area contributed by atoms with Crippen molar-refractivity contribution in [3.8, 4) is 11.1 Å². The molecule has 0 fully saturated rings. The van der Waals surface area contributed by atoms with Gasteiger partial charge >= 0.3 is 35.6 Å². The largest absolute Gasteiger partial charge is 0.476 e. The van der Waals surface area contributed by atoms with Gasteiger partial charge in [-0.15, -0.1) is 0 Å². The summed E-state index contributed by atoms with van der Waals surface area (Å²) in [5.41, 5.74) is 29.0. The molecule has 5 atom stereocenters. The molecule has 10 amide bonds. The fraction of sp³-hybridized carbons (Fsp3) is 0.267. The lowest BCUT2D eigenvalue weighted by Crippen LogP contribution is -2.48. The van der Waals surface area contributed by atoms with E-state index in [1.165, 1.54) is 0 Å². The van der Waals surface area contributed by atoms with Gasteiger partial charge in [-0.1, -0.05) is 128 Å². The number of nitrogens with one attached hydrogen (secondary N) is 5. The summed E-state index contributed by atoms with van der Waals surface area (Å²) in [4.78, 5) is 112. The average molecular weight is 1310 g/mol. The first-order valence-electron chi connectivity index (χ1n) is 29.4. The van der Waals surface area contributed by atoms with Gasteiger partial charge in [0.25, 0.3) is 17.7 Å². The number of benzene rings is 6. The Morgan fingerprint density at radius 1 is 0.347 bits per heavy atom. The second-order valence-electron chi connectivity index (χ2n) is 21.0. The van der Waals surface area contributed by atoms with E-state index in [9.17, 15) is 58.0 Å². The minimum absolute atomic E-state index is 0.247. The molecule has 0 saturated heterocycles. The number of primary amides is 5.